The normalized spacial score (nSPS) is 15.0. The molecule has 0 radical (unpaired) electrons. The second-order valence-electron chi connectivity index (χ2n) is 6.82. The Labute approximate surface area is 172 Å². The molecule has 3 heterocycles. The number of rotatable bonds is 5. The number of benzene rings is 1. The second kappa shape index (κ2) is 8.31. The molecule has 3 aromatic rings. The maximum absolute atomic E-state index is 12.5. The summed E-state index contributed by atoms with van der Waals surface area (Å²) in [4.78, 5) is 16.4. The molecular weight excluding hydrogens is 394 g/mol. The van der Waals surface area contributed by atoms with Crippen LogP contribution in [0.1, 0.15) is 32.4 Å². The summed E-state index contributed by atoms with van der Waals surface area (Å²) in [5.41, 5.74) is 2.82. The Morgan fingerprint density at radius 2 is 2.11 bits per heavy atom. The monoisotopic (exact) mass is 413 g/mol. The minimum absolute atomic E-state index is 0.0253. The van der Waals surface area contributed by atoms with Crippen LogP contribution in [0.3, 0.4) is 0 Å². The molecule has 0 saturated carbocycles. The van der Waals surface area contributed by atoms with Crippen LogP contribution in [-0.4, -0.2) is 23.9 Å². The van der Waals surface area contributed by atoms with Gasteiger partial charge in [-0.25, -0.2) is 0 Å². The van der Waals surface area contributed by atoms with Crippen molar-refractivity contribution in [2.45, 2.75) is 19.0 Å². The van der Waals surface area contributed by atoms with Gasteiger partial charge in [0.2, 0.25) is 0 Å². The van der Waals surface area contributed by atoms with Crippen LogP contribution in [0.4, 0.5) is 0 Å². The van der Waals surface area contributed by atoms with Gasteiger partial charge in [-0.1, -0.05) is 23.7 Å². The summed E-state index contributed by atoms with van der Waals surface area (Å²) < 4.78 is 0.633. The zero-order chi connectivity index (χ0) is 19.5. The molecule has 1 aromatic carbocycles. The third-order valence-corrected chi connectivity index (χ3v) is 6.30. The number of halogens is 1. The van der Waals surface area contributed by atoms with E-state index in [2.05, 4.69) is 21.7 Å². The van der Waals surface area contributed by atoms with E-state index in [-0.39, 0.29) is 11.9 Å². The Kier molecular flexibility index (Phi) is 5.62. The predicted molar refractivity (Wildman–Crippen MR) is 110 cm³/mol. The van der Waals surface area contributed by atoms with Crippen molar-refractivity contribution in [3.8, 4) is 0 Å². The quantitative estimate of drug-likeness (QED) is 0.514. The maximum Gasteiger partial charge on any atom is 0.257 e. The number of carbonyl (C=O) groups excluding carboxylic acids is 1. The molecule has 0 fully saturated rings. The van der Waals surface area contributed by atoms with Gasteiger partial charge in [0.25, 0.3) is 5.91 Å². The lowest BCUT2D eigenvalue weighted by atomic mass is 10.0. The van der Waals surface area contributed by atoms with Crippen molar-refractivity contribution in [1.82, 2.24) is 10.2 Å². The van der Waals surface area contributed by atoms with E-state index in [1.54, 1.807) is 12.1 Å². The number of carbonyl (C=O) groups is 1. The number of thiophene rings is 1. The first-order chi connectivity index (χ1) is 13.6. The van der Waals surface area contributed by atoms with Crippen molar-refractivity contribution in [3.63, 3.8) is 0 Å². The van der Waals surface area contributed by atoms with Gasteiger partial charge in [-0.2, -0.15) is 4.73 Å². The summed E-state index contributed by atoms with van der Waals surface area (Å²) in [6.07, 6.45) is 3.66. The van der Waals surface area contributed by atoms with Gasteiger partial charge in [0.15, 0.2) is 12.4 Å². The van der Waals surface area contributed by atoms with Gasteiger partial charge in [0.05, 0.1) is 6.04 Å². The third-order valence-electron chi connectivity index (χ3n) is 5.03. The number of aromatic nitrogens is 1. The first-order valence-electron chi connectivity index (χ1n) is 9.12. The predicted octanol–water partition coefficient (Wildman–Crippen LogP) is 3.56. The topological polar surface area (TPSA) is 59.3 Å². The van der Waals surface area contributed by atoms with E-state index < -0.39 is 0 Å². The van der Waals surface area contributed by atoms with Crippen LogP contribution in [0.5, 0.6) is 0 Å². The molecule has 0 saturated heterocycles. The summed E-state index contributed by atoms with van der Waals surface area (Å²) in [6.45, 7) is 2.24. The van der Waals surface area contributed by atoms with Crippen molar-refractivity contribution in [2.75, 3.05) is 13.1 Å². The lowest BCUT2D eigenvalue weighted by Gasteiger charge is -2.35. The second-order valence-corrected chi connectivity index (χ2v) is 8.26. The molecule has 0 bridgehead atoms. The number of hydrogen-bond acceptors (Lipinski definition) is 4. The van der Waals surface area contributed by atoms with Crippen LogP contribution in [0.2, 0.25) is 5.02 Å². The zero-order valence-electron chi connectivity index (χ0n) is 15.2. The average molecular weight is 414 g/mol. The zero-order valence-corrected chi connectivity index (χ0v) is 16.7. The molecule has 1 aliphatic heterocycles. The number of pyridine rings is 1. The number of fused-ring (bicyclic) bond motifs is 1. The molecule has 1 N–H and O–H groups in total. The highest BCUT2D eigenvalue weighted by molar-refractivity contribution is 7.10. The largest absolute Gasteiger partial charge is 0.619 e. The van der Waals surface area contributed by atoms with Gasteiger partial charge in [0, 0.05) is 35.6 Å². The van der Waals surface area contributed by atoms with E-state index in [1.165, 1.54) is 22.8 Å². The lowest BCUT2D eigenvalue weighted by molar-refractivity contribution is -0.605. The fourth-order valence-electron chi connectivity index (χ4n) is 3.56. The highest BCUT2D eigenvalue weighted by Gasteiger charge is 2.26. The Morgan fingerprint density at radius 1 is 1.29 bits per heavy atom. The molecule has 5 nitrogen and oxygen atoms in total. The fourth-order valence-corrected chi connectivity index (χ4v) is 4.58. The molecular formula is C21H20ClN3O2S. The van der Waals surface area contributed by atoms with E-state index >= 15 is 0 Å². The van der Waals surface area contributed by atoms with Crippen molar-refractivity contribution < 1.29 is 9.52 Å². The average Bonchev–Trinajstić information content (AvgIpc) is 3.17. The first-order valence-corrected chi connectivity index (χ1v) is 10.4. The molecule has 0 aliphatic carbocycles. The van der Waals surface area contributed by atoms with Crippen LogP contribution in [0, 0.1) is 5.21 Å². The highest BCUT2D eigenvalue weighted by Crippen LogP contribution is 2.30. The van der Waals surface area contributed by atoms with Crippen molar-refractivity contribution in [3.05, 3.63) is 92.0 Å². The molecule has 1 atom stereocenters. The van der Waals surface area contributed by atoms with Crippen molar-refractivity contribution >= 4 is 28.8 Å². The van der Waals surface area contributed by atoms with Crippen LogP contribution in [0.25, 0.3) is 0 Å². The van der Waals surface area contributed by atoms with E-state index in [1.807, 2.05) is 35.6 Å². The Hall–Kier alpha value is -2.41. The van der Waals surface area contributed by atoms with Gasteiger partial charge < -0.3 is 10.5 Å². The standard InChI is InChI=1S/C21H20ClN3O2S/c22-18-5-3-15(4-6-18)19(24-10-7-20-16(13-24)8-11-28-20)12-23-21(26)17-2-1-9-25(27)14-17/h1-6,8-9,11,14,19H,7,10,12-13H2,(H,23,26)/t19-/m1/s1. The third kappa shape index (κ3) is 4.19. The smallest absolute Gasteiger partial charge is 0.257 e. The van der Waals surface area contributed by atoms with E-state index in [0.717, 1.165) is 25.1 Å². The fraction of sp³-hybridized carbons (Fsp3) is 0.238. The minimum atomic E-state index is -0.252. The van der Waals surface area contributed by atoms with Gasteiger partial charge in [-0.15, -0.1) is 11.3 Å². The molecule has 28 heavy (non-hydrogen) atoms. The lowest BCUT2D eigenvalue weighted by Crippen LogP contribution is -2.40. The van der Waals surface area contributed by atoms with Crippen molar-refractivity contribution in [1.29, 1.82) is 0 Å². The number of hydrogen-bond donors (Lipinski definition) is 1. The first kappa shape index (κ1) is 18.9. The summed E-state index contributed by atoms with van der Waals surface area (Å²) in [5.74, 6) is -0.252. The van der Waals surface area contributed by atoms with Gasteiger partial charge in [-0.05, 0) is 47.2 Å². The van der Waals surface area contributed by atoms with Crippen LogP contribution < -0.4 is 10.0 Å². The number of nitrogens with one attached hydrogen (secondary N) is 1. The van der Waals surface area contributed by atoms with Crippen LogP contribution in [-0.2, 0) is 13.0 Å². The Balaban J connectivity index is 1.53. The summed E-state index contributed by atoms with van der Waals surface area (Å²) in [7, 11) is 0. The Morgan fingerprint density at radius 3 is 2.89 bits per heavy atom. The molecule has 7 heteroatoms. The minimum Gasteiger partial charge on any atom is -0.619 e. The van der Waals surface area contributed by atoms with Gasteiger partial charge in [-0.3, -0.25) is 9.69 Å². The molecule has 1 amide bonds. The molecule has 0 unspecified atom stereocenters. The van der Waals surface area contributed by atoms with E-state index in [9.17, 15) is 10.0 Å². The summed E-state index contributed by atoms with van der Waals surface area (Å²) in [5, 5.41) is 17.3. The highest BCUT2D eigenvalue weighted by atomic mass is 35.5. The Bertz CT molecular complexity index is 974. The molecule has 4 rings (SSSR count). The van der Waals surface area contributed by atoms with Crippen molar-refractivity contribution in [2.24, 2.45) is 0 Å². The van der Waals surface area contributed by atoms with E-state index in [4.69, 9.17) is 11.6 Å². The molecule has 0 spiro atoms. The maximum atomic E-state index is 12.5. The number of nitrogens with zero attached hydrogens (tertiary/aromatic N) is 2. The number of amides is 1. The van der Waals surface area contributed by atoms with Crippen LogP contribution in [0.15, 0.2) is 60.2 Å². The summed E-state index contributed by atoms with van der Waals surface area (Å²) >= 11 is 7.87. The van der Waals surface area contributed by atoms with Gasteiger partial charge in [0.1, 0.15) is 5.56 Å². The van der Waals surface area contributed by atoms with Crippen LogP contribution >= 0.6 is 22.9 Å². The molecule has 144 valence electrons. The SMILES string of the molecule is O=C(NC[C@H](c1ccc(Cl)cc1)N1CCc2sccc2C1)c1ccc[n+]([O-])c1. The summed E-state index contributed by atoms with van der Waals surface area (Å²) in [6, 6.07) is 13.2. The molecule has 2 aromatic heterocycles. The van der Waals surface area contributed by atoms with E-state index in [0.29, 0.717) is 21.9 Å². The molecule has 1 aliphatic rings. The van der Waals surface area contributed by atoms with Gasteiger partial charge >= 0.3 is 0 Å².